The highest BCUT2D eigenvalue weighted by Crippen LogP contribution is 2.29. The van der Waals surface area contributed by atoms with E-state index in [1.54, 1.807) is 0 Å². The quantitative estimate of drug-likeness (QED) is 0.858. The molecule has 2 N–H and O–H groups in total. The predicted octanol–water partition coefficient (Wildman–Crippen LogP) is 0.931. The zero-order chi connectivity index (χ0) is 13.9. The molecular formula is C14H20N4O2. The number of amides is 2. The van der Waals surface area contributed by atoms with Crippen LogP contribution in [0.1, 0.15) is 42.6 Å². The SMILES string of the molecule is O=C(NC[C@H]1CC(=O)N(C2CCCC2)C1)c1cnc[nH]1. The summed E-state index contributed by atoms with van der Waals surface area (Å²) >= 11 is 0. The van der Waals surface area contributed by atoms with Gasteiger partial charge in [0.15, 0.2) is 0 Å². The fourth-order valence-electron chi connectivity index (χ4n) is 3.23. The molecule has 0 radical (unpaired) electrons. The van der Waals surface area contributed by atoms with Gasteiger partial charge in [0.05, 0.1) is 12.5 Å². The van der Waals surface area contributed by atoms with E-state index < -0.39 is 0 Å². The van der Waals surface area contributed by atoms with E-state index >= 15 is 0 Å². The maximum Gasteiger partial charge on any atom is 0.269 e. The molecule has 0 spiro atoms. The maximum absolute atomic E-state index is 12.0. The minimum Gasteiger partial charge on any atom is -0.350 e. The third-order valence-electron chi connectivity index (χ3n) is 4.30. The number of imidazole rings is 1. The topological polar surface area (TPSA) is 78.1 Å². The normalized spacial score (nSPS) is 23.5. The first kappa shape index (κ1) is 13.1. The minimum atomic E-state index is -0.158. The van der Waals surface area contributed by atoms with Crippen LogP contribution in [-0.4, -0.2) is 45.8 Å². The van der Waals surface area contributed by atoms with Gasteiger partial charge in [-0.1, -0.05) is 12.8 Å². The second-order valence-electron chi connectivity index (χ2n) is 5.73. The summed E-state index contributed by atoms with van der Waals surface area (Å²) in [5.41, 5.74) is 0.460. The number of aromatic nitrogens is 2. The molecule has 1 saturated heterocycles. The molecule has 0 aromatic carbocycles. The fourth-order valence-corrected chi connectivity index (χ4v) is 3.23. The van der Waals surface area contributed by atoms with Crippen LogP contribution in [0, 0.1) is 5.92 Å². The molecule has 108 valence electrons. The Balaban J connectivity index is 1.49. The monoisotopic (exact) mass is 276 g/mol. The van der Waals surface area contributed by atoms with Crippen molar-refractivity contribution in [2.75, 3.05) is 13.1 Å². The van der Waals surface area contributed by atoms with Crippen LogP contribution < -0.4 is 5.32 Å². The first-order valence-corrected chi connectivity index (χ1v) is 7.30. The molecule has 0 unspecified atom stereocenters. The zero-order valence-corrected chi connectivity index (χ0v) is 11.5. The third-order valence-corrected chi connectivity index (χ3v) is 4.30. The minimum absolute atomic E-state index is 0.158. The highest BCUT2D eigenvalue weighted by molar-refractivity contribution is 5.92. The van der Waals surface area contributed by atoms with E-state index in [1.807, 2.05) is 4.90 Å². The Hall–Kier alpha value is -1.85. The van der Waals surface area contributed by atoms with Gasteiger partial charge < -0.3 is 15.2 Å². The van der Waals surface area contributed by atoms with Crippen LogP contribution in [-0.2, 0) is 4.79 Å². The Morgan fingerprint density at radius 3 is 2.95 bits per heavy atom. The van der Waals surface area contributed by atoms with Gasteiger partial charge in [0.1, 0.15) is 5.69 Å². The van der Waals surface area contributed by atoms with Crippen molar-refractivity contribution in [1.82, 2.24) is 20.2 Å². The standard InChI is InChI=1S/C14H20N4O2/c19-13-5-10(8-18(13)11-3-1-2-4-11)6-16-14(20)12-7-15-9-17-12/h7,9-11H,1-6,8H2,(H,15,17)(H,16,20)/t10-/m1/s1. The van der Waals surface area contributed by atoms with Crippen molar-refractivity contribution in [1.29, 1.82) is 0 Å². The molecule has 1 saturated carbocycles. The van der Waals surface area contributed by atoms with Gasteiger partial charge in [0.2, 0.25) is 5.91 Å². The summed E-state index contributed by atoms with van der Waals surface area (Å²) < 4.78 is 0. The van der Waals surface area contributed by atoms with E-state index in [1.165, 1.54) is 25.4 Å². The number of rotatable bonds is 4. The molecule has 2 amide bonds. The molecule has 6 nitrogen and oxygen atoms in total. The molecule has 2 heterocycles. The summed E-state index contributed by atoms with van der Waals surface area (Å²) in [7, 11) is 0. The van der Waals surface area contributed by atoms with E-state index in [9.17, 15) is 9.59 Å². The summed E-state index contributed by atoms with van der Waals surface area (Å²) in [6.07, 6.45) is 8.28. The zero-order valence-electron chi connectivity index (χ0n) is 11.5. The van der Waals surface area contributed by atoms with Crippen molar-refractivity contribution >= 4 is 11.8 Å². The van der Waals surface area contributed by atoms with Gasteiger partial charge >= 0.3 is 0 Å². The molecule has 3 rings (SSSR count). The summed E-state index contributed by atoms with van der Waals surface area (Å²) in [4.78, 5) is 32.5. The number of nitrogens with one attached hydrogen (secondary N) is 2. The first-order chi connectivity index (χ1) is 9.74. The van der Waals surface area contributed by atoms with Crippen LogP contribution in [0.15, 0.2) is 12.5 Å². The van der Waals surface area contributed by atoms with Crippen LogP contribution >= 0.6 is 0 Å². The lowest BCUT2D eigenvalue weighted by molar-refractivity contribution is -0.129. The number of aromatic amines is 1. The first-order valence-electron chi connectivity index (χ1n) is 7.30. The third kappa shape index (κ3) is 2.69. The van der Waals surface area contributed by atoms with Gasteiger partial charge in [-0.15, -0.1) is 0 Å². The smallest absolute Gasteiger partial charge is 0.269 e. The van der Waals surface area contributed by atoms with E-state index in [4.69, 9.17) is 0 Å². The average Bonchev–Trinajstić information content (AvgIpc) is 3.17. The second kappa shape index (κ2) is 5.64. The molecular weight excluding hydrogens is 256 g/mol. The Morgan fingerprint density at radius 1 is 1.45 bits per heavy atom. The Bertz CT molecular complexity index is 479. The summed E-state index contributed by atoms with van der Waals surface area (Å²) in [5.74, 6) is 0.321. The molecule has 1 atom stereocenters. The average molecular weight is 276 g/mol. The van der Waals surface area contributed by atoms with Crippen molar-refractivity contribution < 1.29 is 9.59 Å². The Kier molecular flexibility index (Phi) is 3.71. The van der Waals surface area contributed by atoms with Crippen LogP contribution in [0.2, 0.25) is 0 Å². The number of likely N-dealkylation sites (tertiary alicyclic amines) is 1. The number of H-pyrrole nitrogens is 1. The molecule has 6 heteroatoms. The molecule has 2 fully saturated rings. The Morgan fingerprint density at radius 2 is 2.25 bits per heavy atom. The van der Waals surface area contributed by atoms with Gasteiger partial charge in [0.25, 0.3) is 5.91 Å². The summed E-state index contributed by atoms with van der Waals surface area (Å²) in [5, 5.41) is 2.87. The van der Waals surface area contributed by atoms with Gasteiger partial charge in [-0.25, -0.2) is 4.98 Å². The lowest BCUT2D eigenvalue weighted by Crippen LogP contribution is -2.36. The molecule has 1 aromatic heterocycles. The van der Waals surface area contributed by atoms with Crippen molar-refractivity contribution in [2.45, 2.75) is 38.1 Å². The lowest BCUT2D eigenvalue weighted by Gasteiger charge is -2.24. The van der Waals surface area contributed by atoms with Crippen molar-refractivity contribution in [3.63, 3.8) is 0 Å². The number of hydrogen-bond donors (Lipinski definition) is 2. The van der Waals surface area contributed by atoms with Crippen molar-refractivity contribution in [3.05, 3.63) is 18.2 Å². The molecule has 1 aliphatic carbocycles. The van der Waals surface area contributed by atoms with Crippen molar-refractivity contribution in [3.8, 4) is 0 Å². The lowest BCUT2D eigenvalue weighted by atomic mass is 10.1. The van der Waals surface area contributed by atoms with Gasteiger partial charge in [-0.2, -0.15) is 0 Å². The maximum atomic E-state index is 12.0. The summed E-state index contributed by atoms with van der Waals surface area (Å²) in [6.45, 7) is 1.33. The highest BCUT2D eigenvalue weighted by Gasteiger charge is 2.35. The molecule has 1 aromatic rings. The second-order valence-corrected chi connectivity index (χ2v) is 5.73. The molecule has 0 bridgehead atoms. The van der Waals surface area contributed by atoms with Crippen LogP contribution in [0.4, 0.5) is 0 Å². The number of carbonyl (C=O) groups excluding carboxylic acids is 2. The highest BCUT2D eigenvalue weighted by atomic mass is 16.2. The fraction of sp³-hybridized carbons (Fsp3) is 0.643. The van der Waals surface area contributed by atoms with Crippen LogP contribution in [0.5, 0.6) is 0 Å². The predicted molar refractivity (Wildman–Crippen MR) is 73.0 cm³/mol. The molecule has 2 aliphatic rings. The largest absolute Gasteiger partial charge is 0.350 e. The molecule has 1 aliphatic heterocycles. The van der Waals surface area contributed by atoms with E-state index in [0.717, 1.165) is 19.4 Å². The van der Waals surface area contributed by atoms with Gasteiger partial charge in [-0.3, -0.25) is 9.59 Å². The van der Waals surface area contributed by atoms with Crippen molar-refractivity contribution in [2.24, 2.45) is 5.92 Å². The van der Waals surface area contributed by atoms with Gasteiger partial charge in [0, 0.05) is 31.5 Å². The van der Waals surface area contributed by atoms with E-state index in [0.29, 0.717) is 24.7 Å². The van der Waals surface area contributed by atoms with Gasteiger partial charge in [-0.05, 0) is 12.8 Å². The number of nitrogens with zero attached hydrogens (tertiary/aromatic N) is 2. The van der Waals surface area contributed by atoms with Crippen LogP contribution in [0.25, 0.3) is 0 Å². The summed E-state index contributed by atoms with van der Waals surface area (Å²) in [6, 6.07) is 0.441. The van der Waals surface area contributed by atoms with E-state index in [-0.39, 0.29) is 17.7 Å². The van der Waals surface area contributed by atoms with E-state index in [2.05, 4.69) is 15.3 Å². The Labute approximate surface area is 117 Å². The number of hydrogen-bond acceptors (Lipinski definition) is 3. The molecule has 20 heavy (non-hydrogen) atoms. The van der Waals surface area contributed by atoms with Crippen LogP contribution in [0.3, 0.4) is 0 Å². The number of carbonyl (C=O) groups is 2.